The van der Waals surface area contributed by atoms with Crippen molar-refractivity contribution in [3.63, 3.8) is 0 Å². The molecule has 1 aromatic heterocycles. The van der Waals surface area contributed by atoms with Gasteiger partial charge in [-0.15, -0.1) is 0 Å². The molecule has 3 nitrogen and oxygen atoms in total. The summed E-state index contributed by atoms with van der Waals surface area (Å²) in [5.41, 5.74) is 0.813. The van der Waals surface area contributed by atoms with E-state index in [1.165, 1.54) is 0 Å². The van der Waals surface area contributed by atoms with E-state index in [4.69, 9.17) is 32.7 Å². The Kier molecular flexibility index (Phi) is 6.86. The van der Waals surface area contributed by atoms with Crippen molar-refractivity contribution in [2.75, 3.05) is 6.54 Å². The first kappa shape index (κ1) is 17.3. The molecule has 0 bridgehead atoms. The molecule has 0 aliphatic rings. The van der Waals surface area contributed by atoms with Crippen molar-refractivity contribution in [2.45, 2.75) is 19.6 Å². The van der Waals surface area contributed by atoms with Gasteiger partial charge < -0.3 is 27.2 Å². The number of aliphatic hydroxyl groups excluding tert-OH is 1. The molecule has 1 unspecified atom stereocenters. The van der Waals surface area contributed by atoms with Gasteiger partial charge in [0.2, 0.25) is 0 Å². The predicted octanol–water partition coefficient (Wildman–Crippen LogP) is 0.728. The second kappa shape index (κ2) is 7.91. The number of aliphatic hydroxyl groups is 1. The standard InChI is InChI=1S/C14H15Cl2NO2.ClH/c1-9(18)7-17-8-11-3-5-14(19-11)12-4-2-10(15)6-13(12)16;/h2-6,9,17-18H,7-8H2,1H3;1H/p-1. The van der Waals surface area contributed by atoms with Crippen LogP contribution in [0.3, 0.4) is 0 Å². The number of nitrogens with one attached hydrogen (secondary N) is 1. The van der Waals surface area contributed by atoms with Crippen LogP contribution in [0.15, 0.2) is 34.7 Å². The molecule has 0 spiro atoms. The lowest BCUT2D eigenvalue weighted by atomic mass is 10.2. The maximum Gasteiger partial charge on any atom is 0.135 e. The summed E-state index contributed by atoms with van der Waals surface area (Å²) in [5.74, 6) is 1.50. The second-order valence-electron chi connectivity index (χ2n) is 4.37. The molecule has 2 N–H and O–H groups in total. The second-order valence-corrected chi connectivity index (χ2v) is 5.21. The number of rotatable bonds is 5. The lowest BCUT2D eigenvalue weighted by Gasteiger charge is -2.05. The average Bonchev–Trinajstić information content (AvgIpc) is 2.77. The summed E-state index contributed by atoms with van der Waals surface area (Å²) < 4.78 is 5.70. The van der Waals surface area contributed by atoms with Crippen molar-refractivity contribution < 1.29 is 21.9 Å². The number of halogens is 3. The Balaban J connectivity index is 0.00000200. The summed E-state index contributed by atoms with van der Waals surface area (Å²) in [6, 6.07) is 9.04. The lowest BCUT2D eigenvalue weighted by Crippen LogP contribution is -3.00. The summed E-state index contributed by atoms with van der Waals surface area (Å²) in [7, 11) is 0. The first-order valence-electron chi connectivity index (χ1n) is 5.99. The fraction of sp³-hybridized carbons (Fsp3) is 0.286. The number of hydrogen-bond donors (Lipinski definition) is 2. The highest BCUT2D eigenvalue weighted by Gasteiger charge is 2.09. The molecular weight excluding hydrogens is 321 g/mol. The molecule has 1 atom stereocenters. The van der Waals surface area contributed by atoms with Crippen LogP contribution in [0.5, 0.6) is 0 Å². The van der Waals surface area contributed by atoms with Gasteiger partial charge in [-0.1, -0.05) is 23.2 Å². The van der Waals surface area contributed by atoms with E-state index in [9.17, 15) is 0 Å². The topological polar surface area (TPSA) is 45.4 Å². The maximum absolute atomic E-state index is 9.15. The minimum Gasteiger partial charge on any atom is -1.00 e. The molecule has 20 heavy (non-hydrogen) atoms. The molecule has 110 valence electrons. The van der Waals surface area contributed by atoms with Crippen molar-refractivity contribution in [3.05, 3.63) is 46.1 Å². The van der Waals surface area contributed by atoms with Crippen LogP contribution in [0, 0.1) is 0 Å². The van der Waals surface area contributed by atoms with Crippen LogP contribution < -0.4 is 17.7 Å². The first-order chi connectivity index (χ1) is 9.06. The fourth-order valence-corrected chi connectivity index (χ4v) is 2.21. The molecule has 1 heterocycles. The number of benzene rings is 1. The van der Waals surface area contributed by atoms with Gasteiger partial charge in [0.15, 0.2) is 0 Å². The van der Waals surface area contributed by atoms with Crippen molar-refractivity contribution >= 4 is 23.2 Å². The van der Waals surface area contributed by atoms with Gasteiger partial charge in [0.05, 0.1) is 17.7 Å². The van der Waals surface area contributed by atoms with E-state index in [-0.39, 0.29) is 18.5 Å². The highest BCUT2D eigenvalue weighted by atomic mass is 35.5. The predicted molar refractivity (Wildman–Crippen MR) is 77.6 cm³/mol. The molecule has 1 aromatic carbocycles. The van der Waals surface area contributed by atoms with Gasteiger partial charge in [-0.2, -0.15) is 0 Å². The molecule has 0 saturated carbocycles. The molecule has 0 radical (unpaired) electrons. The Morgan fingerprint density at radius 2 is 2.00 bits per heavy atom. The minimum atomic E-state index is -0.375. The van der Waals surface area contributed by atoms with E-state index in [1.54, 1.807) is 19.1 Å². The van der Waals surface area contributed by atoms with Gasteiger partial charge in [-0.05, 0) is 37.3 Å². The highest BCUT2D eigenvalue weighted by Crippen LogP contribution is 2.31. The van der Waals surface area contributed by atoms with Crippen LogP contribution in [0.2, 0.25) is 10.0 Å². The Bertz CT molecular complexity index is 555. The molecule has 0 saturated heterocycles. The third-order valence-corrected chi connectivity index (χ3v) is 3.15. The van der Waals surface area contributed by atoms with Crippen LogP contribution in [-0.2, 0) is 6.54 Å². The van der Waals surface area contributed by atoms with Gasteiger partial charge in [-0.3, -0.25) is 0 Å². The van der Waals surface area contributed by atoms with Gasteiger partial charge in [0, 0.05) is 17.1 Å². The van der Waals surface area contributed by atoms with Crippen molar-refractivity contribution in [3.8, 4) is 11.3 Å². The van der Waals surface area contributed by atoms with E-state index < -0.39 is 0 Å². The Morgan fingerprint density at radius 3 is 2.65 bits per heavy atom. The third kappa shape index (κ3) is 4.69. The zero-order valence-electron chi connectivity index (χ0n) is 10.9. The van der Waals surface area contributed by atoms with Crippen molar-refractivity contribution in [2.24, 2.45) is 0 Å². The minimum absolute atomic E-state index is 0. The van der Waals surface area contributed by atoms with Crippen LogP contribution in [0.1, 0.15) is 12.7 Å². The normalized spacial score (nSPS) is 12.0. The summed E-state index contributed by atoms with van der Waals surface area (Å²) >= 11 is 12.0. The van der Waals surface area contributed by atoms with Gasteiger partial charge >= 0.3 is 0 Å². The summed E-state index contributed by atoms with van der Waals surface area (Å²) in [4.78, 5) is 0. The molecule has 2 aromatic rings. The maximum atomic E-state index is 9.15. The van der Waals surface area contributed by atoms with Gasteiger partial charge in [-0.25, -0.2) is 0 Å². The summed E-state index contributed by atoms with van der Waals surface area (Å²) in [5, 5.41) is 13.4. The van der Waals surface area contributed by atoms with Crippen LogP contribution in [0.25, 0.3) is 11.3 Å². The molecule has 6 heteroatoms. The third-order valence-electron chi connectivity index (χ3n) is 2.60. The monoisotopic (exact) mass is 334 g/mol. The van der Waals surface area contributed by atoms with E-state index in [0.29, 0.717) is 28.9 Å². The zero-order chi connectivity index (χ0) is 13.8. The lowest BCUT2D eigenvalue weighted by molar-refractivity contribution is -0.00000657. The molecular formula is C14H15Cl3NO2-. The largest absolute Gasteiger partial charge is 1.00 e. The first-order valence-corrected chi connectivity index (χ1v) is 6.75. The van der Waals surface area contributed by atoms with Crippen molar-refractivity contribution in [1.82, 2.24) is 5.32 Å². The zero-order valence-corrected chi connectivity index (χ0v) is 13.1. The van der Waals surface area contributed by atoms with E-state index in [0.717, 1.165) is 11.3 Å². The summed E-state index contributed by atoms with van der Waals surface area (Å²) in [6.07, 6.45) is -0.375. The number of furan rings is 1. The molecule has 0 aliphatic carbocycles. The van der Waals surface area contributed by atoms with E-state index in [1.807, 2.05) is 18.2 Å². The Labute approximate surface area is 134 Å². The quantitative estimate of drug-likeness (QED) is 0.847. The average molecular weight is 336 g/mol. The van der Waals surface area contributed by atoms with Gasteiger partial charge in [0.1, 0.15) is 11.5 Å². The highest BCUT2D eigenvalue weighted by molar-refractivity contribution is 6.36. The SMILES string of the molecule is CC(O)CNCc1ccc(-c2ccc(Cl)cc2Cl)o1.[Cl-]. The van der Waals surface area contributed by atoms with E-state index >= 15 is 0 Å². The van der Waals surface area contributed by atoms with E-state index in [2.05, 4.69) is 5.32 Å². The number of hydrogen-bond acceptors (Lipinski definition) is 3. The van der Waals surface area contributed by atoms with Crippen LogP contribution >= 0.6 is 23.2 Å². The molecule has 0 amide bonds. The smallest absolute Gasteiger partial charge is 0.135 e. The Hall–Kier alpha value is -0.710. The van der Waals surface area contributed by atoms with Crippen LogP contribution in [0.4, 0.5) is 0 Å². The molecule has 0 aliphatic heterocycles. The van der Waals surface area contributed by atoms with Gasteiger partial charge in [0.25, 0.3) is 0 Å². The Morgan fingerprint density at radius 1 is 1.25 bits per heavy atom. The summed E-state index contributed by atoms with van der Waals surface area (Å²) in [6.45, 7) is 2.82. The van der Waals surface area contributed by atoms with Crippen LogP contribution in [-0.4, -0.2) is 17.8 Å². The molecule has 0 fully saturated rings. The van der Waals surface area contributed by atoms with Crippen molar-refractivity contribution in [1.29, 1.82) is 0 Å². The molecule has 2 rings (SSSR count). The fourth-order valence-electron chi connectivity index (χ4n) is 1.71.